The van der Waals surface area contributed by atoms with Crippen molar-refractivity contribution >= 4 is 11.7 Å². The summed E-state index contributed by atoms with van der Waals surface area (Å²) in [6, 6.07) is 10.6. The van der Waals surface area contributed by atoms with E-state index in [1.807, 2.05) is 20.0 Å². The lowest BCUT2D eigenvalue weighted by molar-refractivity contribution is -0.116. The lowest BCUT2D eigenvalue weighted by atomic mass is 9.66. The molecule has 0 atom stereocenters. The number of allylic oxidation sites excluding steroid dienone is 1. The van der Waals surface area contributed by atoms with Crippen molar-refractivity contribution < 1.29 is 4.79 Å². The Balaban J connectivity index is 2.06. The molecular weight excluding hydrogens is 334 g/mol. The minimum atomic E-state index is 0.00450. The molecule has 4 nitrogen and oxygen atoms in total. The van der Waals surface area contributed by atoms with Crippen LogP contribution in [0.15, 0.2) is 60.3 Å². The fourth-order valence-electron chi connectivity index (χ4n) is 3.94. The number of hydrogen-bond donors (Lipinski definition) is 2. The number of nitrogens with zero attached hydrogens (tertiary/aromatic N) is 1. The Morgan fingerprint density at radius 2 is 2.00 bits per heavy atom. The van der Waals surface area contributed by atoms with Crippen LogP contribution in [0.2, 0.25) is 0 Å². The molecule has 0 spiro atoms. The highest BCUT2D eigenvalue weighted by atomic mass is 16.1. The summed E-state index contributed by atoms with van der Waals surface area (Å²) in [7, 11) is 1.82. The predicted molar refractivity (Wildman–Crippen MR) is 114 cm³/mol. The molecule has 1 aliphatic carbocycles. The summed E-state index contributed by atoms with van der Waals surface area (Å²) < 4.78 is 0. The van der Waals surface area contributed by atoms with Crippen molar-refractivity contribution in [2.75, 3.05) is 13.6 Å². The van der Waals surface area contributed by atoms with Gasteiger partial charge in [-0.25, -0.2) is 0 Å². The number of nitrogens with one attached hydrogen (secondary N) is 2. The van der Waals surface area contributed by atoms with Gasteiger partial charge in [0.2, 0.25) is 5.91 Å². The molecule has 0 saturated heterocycles. The van der Waals surface area contributed by atoms with E-state index in [1.165, 1.54) is 5.56 Å². The van der Waals surface area contributed by atoms with Crippen molar-refractivity contribution in [1.82, 2.24) is 10.6 Å². The Morgan fingerprint density at radius 1 is 1.30 bits per heavy atom. The van der Waals surface area contributed by atoms with Crippen molar-refractivity contribution in [2.24, 2.45) is 10.9 Å². The number of carbonyl (C=O) groups is 1. The van der Waals surface area contributed by atoms with E-state index in [9.17, 15) is 4.79 Å². The maximum Gasteiger partial charge on any atom is 0.243 e. The molecule has 1 aromatic rings. The van der Waals surface area contributed by atoms with Crippen LogP contribution in [0.5, 0.6) is 0 Å². The Kier molecular flexibility index (Phi) is 8.31. The van der Waals surface area contributed by atoms with Crippen LogP contribution in [0.1, 0.15) is 51.0 Å². The standard InChI is InChI=1S/C23H33N3O/c1-4-6-12-22(27)26-18-23(20-10-8-7-9-11-20)15-13-19(14-16-23)17-21(24-3)25-5-2/h5-12,19H,2,4,13-18H2,1,3H3,(H,24,25)(H,26,27)/b12-6+. The highest BCUT2D eigenvalue weighted by Gasteiger charge is 2.37. The third-order valence-corrected chi connectivity index (χ3v) is 5.57. The van der Waals surface area contributed by atoms with E-state index in [0.29, 0.717) is 12.5 Å². The van der Waals surface area contributed by atoms with Gasteiger partial charge in [0, 0.05) is 25.4 Å². The van der Waals surface area contributed by atoms with Gasteiger partial charge in [0.1, 0.15) is 5.84 Å². The quantitative estimate of drug-likeness (QED) is 0.408. The lowest BCUT2D eigenvalue weighted by Crippen LogP contribution is -2.43. The van der Waals surface area contributed by atoms with Gasteiger partial charge >= 0.3 is 0 Å². The van der Waals surface area contributed by atoms with Gasteiger partial charge in [-0.15, -0.1) is 0 Å². The minimum absolute atomic E-state index is 0.00450. The molecular formula is C23H33N3O. The molecule has 0 aliphatic heterocycles. The van der Waals surface area contributed by atoms with E-state index in [0.717, 1.165) is 44.4 Å². The first-order valence-electron chi connectivity index (χ1n) is 9.96. The van der Waals surface area contributed by atoms with E-state index in [1.54, 1.807) is 12.3 Å². The molecule has 1 fully saturated rings. The van der Waals surface area contributed by atoms with E-state index >= 15 is 0 Å². The number of carbonyl (C=O) groups excluding carboxylic acids is 1. The van der Waals surface area contributed by atoms with Gasteiger partial charge < -0.3 is 10.6 Å². The van der Waals surface area contributed by atoms with Crippen LogP contribution < -0.4 is 10.6 Å². The average molecular weight is 368 g/mol. The van der Waals surface area contributed by atoms with Crippen molar-refractivity contribution in [3.8, 4) is 0 Å². The topological polar surface area (TPSA) is 53.5 Å². The van der Waals surface area contributed by atoms with Crippen molar-refractivity contribution in [3.05, 3.63) is 60.8 Å². The second kappa shape index (κ2) is 10.7. The Labute approximate surface area is 163 Å². The van der Waals surface area contributed by atoms with Crippen LogP contribution in [0.3, 0.4) is 0 Å². The van der Waals surface area contributed by atoms with Gasteiger partial charge in [0.25, 0.3) is 0 Å². The summed E-state index contributed by atoms with van der Waals surface area (Å²) in [6.45, 7) is 6.45. The highest BCUT2D eigenvalue weighted by molar-refractivity contribution is 5.87. The fourth-order valence-corrected chi connectivity index (χ4v) is 3.94. The summed E-state index contributed by atoms with van der Waals surface area (Å²) in [5.74, 6) is 1.62. The number of amidine groups is 1. The van der Waals surface area contributed by atoms with Crippen LogP contribution in [0, 0.1) is 5.92 Å². The Hall–Kier alpha value is -2.36. The minimum Gasteiger partial charge on any atom is -0.352 e. The molecule has 4 heteroatoms. The Bertz CT molecular complexity index is 655. The molecule has 27 heavy (non-hydrogen) atoms. The molecule has 1 aliphatic rings. The fraction of sp³-hybridized carbons (Fsp3) is 0.478. The molecule has 0 unspecified atom stereocenters. The molecule has 2 rings (SSSR count). The first kappa shape index (κ1) is 20.9. The van der Waals surface area contributed by atoms with Gasteiger partial charge in [-0.3, -0.25) is 9.79 Å². The van der Waals surface area contributed by atoms with E-state index in [4.69, 9.17) is 0 Å². The summed E-state index contributed by atoms with van der Waals surface area (Å²) in [5.41, 5.74) is 1.35. The number of rotatable bonds is 8. The number of aliphatic imine (C=N–C) groups is 1. The van der Waals surface area contributed by atoms with Crippen molar-refractivity contribution in [1.29, 1.82) is 0 Å². The zero-order valence-corrected chi connectivity index (χ0v) is 16.7. The second-order valence-corrected chi connectivity index (χ2v) is 7.34. The summed E-state index contributed by atoms with van der Waals surface area (Å²) in [6.07, 6.45) is 11.5. The molecule has 146 valence electrons. The summed E-state index contributed by atoms with van der Waals surface area (Å²) in [4.78, 5) is 16.4. The first-order chi connectivity index (χ1) is 13.1. The van der Waals surface area contributed by atoms with Crippen LogP contribution in [0.25, 0.3) is 0 Å². The normalized spacial score (nSPS) is 23.2. The monoisotopic (exact) mass is 367 g/mol. The van der Waals surface area contributed by atoms with Crippen molar-refractivity contribution in [3.63, 3.8) is 0 Å². The second-order valence-electron chi connectivity index (χ2n) is 7.34. The van der Waals surface area contributed by atoms with Gasteiger partial charge in [-0.05, 0) is 55.9 Å². The van der Waals surface area contributed by atoms with Gasteiger partial charge in [0.05, 0.1) is 0 Å². The van der Waals surface area contributed by atoms with Crippen molar-refractivity contribution in [2.45, 2.75) is 50.9 Å². The Morgan fingerprint density at radius 3 is 2.59 bits per heavy atom. The molecule has 0 radical (unpaired) electrons. The molecule has 0 heterocycles. The van der Waals surface area contributed by atoms with Crippen LogP contribution in [0.4, 0.5) is 0 Å². The van der Waals surface area contributed by atoms with Crippen LogP contribution in [-0.2, 0) is 10.2 Å². The summed E-state index contributed by atoms with van der Waals surface area (Å²) in [5, 5.41) is 6.28. The molecule has 1 saturated carbocycles. The SMILES string of the molecule is C=CNC(CC1CCC(CNC(=O)/C=C/CC)(c2ccccc2)CC1)=NC. The molecule has 1 amide bonds. The largest absolute Gasteiger partial charge is 0.352 e. The van der Waals surface area contributed by atoms with Crippen LogP contribution >= 0.6 is 0 Å². The lowest BCUT2D eigenvalue weighted by Gasteiger charge is -2.41. The van der Waals surface area contributed by atoms with Gasteiger partial charge in [-0.1, -0.05) is 49.9 Å². The smallest absolute Gasteiger partial charge is 0.243 e. The number of amides is 1. The molecule has 0 aromatic heterocycles. The average Bonchev–Trinajstić information content (AvgIpc) is 2.72. The third kappa shape index (κ3) is 6.09. The number of hydrogen-bond acceptors (Lipinski definition) is 2. The maximum atomic E-state index is 12.1. The third-order valence-electron chi connectivity index (χ3n) is 5.57. The molecule has 2 N–H and O–H groups in total. The van der Waals surface area contributed by atoms with Gasteiger partial charge in [-0.2, -0.15) is 0 Å². The summed E-state index contributed by atoms with van der Waals surface area (Å²) >= 11 is 0. The van der Waals surface area contributed by atoms with Crippen LogP contribution in [-0.4, -0.2) is 25.3 Å². The number of benzene rings is 1. The zero-order valence-electron chi connectivity index (χ0n) is 16.7. The predicted octanol–water partition coefficient (Wildman–Crippen LogP) is 4.35. The molecule has 1 aromatic carbocycles. The molecule has 0 bridgehead atoms. The highest BCUT2D eigenvalue weighted by Crippen LogP contribution is 2.42. The van der Waals surface area contributed by atoms with Gasteiger partial charge in [0.15, 0.2) is 0 Å². The van der Waals surface area contributed by atoms with E-state index in [-0.39, 0.29) is 11.3 Å². The van der Waals surface area contributed by atoms with E-state index in [2.05, 4.69) is 52.5 Å². The maximum absolute atomic E-state index is 12.1. The zero-order chi connectivity index (χ0) is 19.5. The van der Waals surface area contributed by atoms with E-state index < -0.39 is 0 Å². The first-order valence-corrected chi connectivity index (χ1v) is 9.96.